The van der Waals surface area contributed by atoms with Crippen molar-refractivity contribution < 1.29 is 0 Å². The first-order chi connectivity index (χ1) is 39.0. The SMILES string of the molecule is Cc1ccccc1C1=C(c2ccccc2C)c2nc1nc1c(-c3ccccc3C)c(-c3ccccc3C)c(nc3nc(nc4c(-c5ccccc5C)c(-c5ccccc5C)c(n2)n4-c2ccccc2C)C=C3)n1-c1ccccc1C. The van der Waals surface area contributed by atoms with Crippen LogP contribution in [0.25, 0.3) is 102 Å². The molecule has 3 aromatic heterocycles. The Kier molecular flexibility index (Phi) is 12.5. The monoisotopic (exact) mass is 1030 g/mol. The summed E-state index contributed by atoms with van der Waals surface area (Å²) in [6.45, 7) is 17.3. The molecule has 0 atom stereocenters. The molecule has 0 saturated heterocycles. The molecule has 386 valence electrons. The van der Waals surface area contributed by atoms with Crippen LogP contribution in [0.3, 0.4) is 0 Å². The van der Waals surface area contributed by atoms with Crippen molar-refractivity contribution in [1.29, 1.82) is 0 Å². The van der Waals surface area contributed by atoms with E-state index < -0.39 is 0 Å². The van der Waals surface area contributed by atoms with Crippen molar-refractivity contribution in [3.63, 3.8) is 0 Å². The average Bonchev–Trinajstić information content (AvgIpc) is 4.40. The lowest BCUT2D eigenvalue weighted by molar-refractivity contribution is 1.03. The first kappa shape index (κ1) is 49.6. The molecule has 2 aliphatic rings. The van der Waals surface area contributed by atoms with E-state index in [0.29, 0.717) is 45.9 Å². The highest BCUT2D eigenvalue weighted by Gasteiger charge is 2.33. The van der Waals surface area contributed by atoms with Crippen molar-refractivity contribution >= 4 is 45.9 Å². The molecule has 8 bridgehead atoms. The number of aryl methyl sites for hydroxylation is 8. The molecule has 11 aromatic rings. The summed E-state index contributed by atoms with van der Waals surface area (Å²) in [6.07, 6.45) is 3.96. The van der Waals surface area contributed by atoms with E-state index >= 15 is 0 Å². The summed E-state index contributed by atoms with van der Waals surface area (Å²) in [5.74, 6) is 2.07. The molecule has 0 radical (unpaired) electrons. The molecule has 8 aromatic carbocycles. The number of fused-ring (bicyclic) bond motifs is 8. The zero-order valence-corrected chi connectivity index (χ0v) is 46.2. The van der Waals surface area contributed by atoms with Crippen LogP contribution in [-0.4, -0.2) is 39.0 Å². The summed E-state index contributed by atoms with van der Waals surface area (Å²) in [5, 5.41) is 0. The minimum absolute atomic E-state index is 0.507. The van der Waals surface area contributed by atoms with Gasteiger partial charge < -0.3 is 0 Å². The van der Waals surface area contributed by atoms with Crippen LogP contribution in [0.15, 0.2) is 194 Å². The number of aromatic nitrogens is 8. The van der Waals surface area contributed by atoms with E-state index in [4.69, 9.17) is 29.9 Å². The molecule has 0 saturated carbocycles. The van der Waals surface area contributed by atoms with Crippen molar-refractivity contribution in [1.82, 2.24) is 39.0 Å². The van der Waals surface area contributed by atoms with E-state index in [9.17, 15) is 0 Å². The van der Waals surface area contributed by atoms with Crippen molar-refractivity contribution in [2.24, 2.45) is 0 Å². The fourth-order valence-electron chi connectivity index (χ4n) is 11.7. The van der Waals surface area contributed by atoms with Crippen LogP contribution in [0, 0.1) is 55.4 Å². The van der Waals surface area contributed by atoms with Gasteiger partial charge in [0.2, 0.25) is 0 Å². The third-order valence-electron chi connectivity index (χ3n) is 15.8. The molecule has 0 fully saturated rings. The minimum atomic E-state index is 0.507. The molecular formula is C72H58N8. The lowest BCUT2D eigenvalue weighted by Gasteiger charge is -2.14. The summed E-state index contributed by atoms with van der Waals surface area (Å²) in [6, 6.07) is 68.4. The van der Waals surface area contributed by atoms with Gasteiger partial charge in [0.1, 0.15) is 22.6 Å². The van der Waals surface area contributed by atoms with E-state index in [-0.39, 0.29) is 0 Å². The number of para-hydroxylation sites is 2. The molecule has 8 heteroatoms. The Hall–Kier alpha value is -9.92. The van der Waals surface area contributed by atoms with Crippen LogP contribution >= 0.6 is 0 Å². The zero-order chi connectivity index (χ0) is 54.8. The lowest BCUT2D eigenvalue weighted by atomic mass is 9.90. The molecule has 0 spiro atoms. The van der Waals surface area contributed by atoms with E-state index in [0.717, 1.165) is 123 Å². The van der Waals surface area contributed by atoms with Crippen LogP contribution in [0.5, 0.6) is 0 Å². The quantitative estimate of drug-likeness (QED) is 0.151. The lowest BCUT2D eigenvalue weighted by Crippen LogP contribution is -2.02. The number of hydrogen-bond acceptors (Lipinski definition) is 6. The van der Waals surface area contributed by atoms with Crippen molar-refractivity contribution in [3.05, 3.63) is 273 Å². The van der Waals surface area contributed by atoms with E-state index in [1.54, 1.807) is 0 Å². The Morgan fingerprint density at radius 3 is 0.775 bits per heavy atom. The third kappa shape index (κ3) is 8.39. The van der Waals surface area contributed by atoms with Crippen molar-refractivity contribution in [2.45, 2.75) is 55.4 Å². The maximum atomic E-state index is 6.11. The molecule has 0 N–H and O–H groups in total. The summed E-state index contributed by atoms with van der Waals surface area (Å²) >= 11 is 0. The van der Waals surface area contributed by atoms with Gasteiger partial charge in [0.05, 0.1) is 11.4 Å². The van der Waals surface area contributed by atoms with E-state index in [2.05, 4.69) is 259 Å². The molecule has 8 nitrogen and oxygen atoms in total. The Labute approximate surface area is 466 Å². The summed E-state index contributed by atoms with van der Waals surface area (Å²) in [7, 11) is 0. The van der Waals surface area contributed by atoms with Crippen LogP contribution in [0.1, 0.15) is 78.9 Å². The topological polar surface area (TPSA) is 87.2 Å². The van der Waals surface area contributed by atoms with Gasteiger partial charge in [-0.05, 0) is 158 Å². The number of hydrogen-bond donors (Lipinski definition) is 0. The summed E-state index contributed by atoms with van der Waals surface area (Å²) < 4.78 is 4.47. The second-order valence-electron chi connectivity index (χ2n) is 21.0. The van der Waals surface area contributed by atoms with Gasteiger partial charge in [0.15, 0.2) is 23.3 Å². The molecule has 80 heavy (non-hydrogen) atoms. The van der Waals surface area contributed by atoms with Crippen LogP contribution < -0.4 is 0 Å². The fraction of sp³-hybridized carbons (Fsp3) is 0.111. The van der Waals surface area contributed by atoms with E-state index in [1.807, 2.05) is 12.2 Å². The molecule has 0 unspecified atom stereocenters. The highest BCUT2D eigenvalue weighted by atomic mass is 15.2. The van der Waals surface area contributed by atoms with E-state index in [1.165, 1.54) is 0 Å². The summed E-state index contributed by atoms with van der Waals surface area (Å²) in [5.41, 5.74) is 24.8. The predicted octanol–water partition coefficient (Wildman–Crippen LogP) is 17.1. The van der Waals surface area contributed by atoms with Crippen LogP contribution in [-0.2, 0) is 0 Å². The standard InChI is InChI=1S/C72H58N8/c1-43-25-9-17-33-51(43)61-62(52-34-18-10-26-44(52)2)68-76-67(61)77-71-65(55-37-21-13-29-47(55)5)63(53-35-19-11-27-45(53)3)69(79(71)57-39-23-15-31-49(57)7)74-59-41-42-60(73-59)75-70-64(54-36-20-12-28-46(54)4)66(56-38-22-14-30-48(56)6)72(78-68)80(70)58-40-24-16-32-50(58)8/h9-42H,1-8H3. The van der Waals surface area contributed by atoms with Crippen molar-refractivity contribution in [2.75, 3.05) is 0 Å². The number of rotatable bonds is 8. The Bertz CT molecular complexity index is 4300. The van der Waals surface area contributed by atoms with Gasteiger partial charge in [0, 0.05) is 33.4 Å². The predicted molar refractivity (Wildman–Crippen MR) is 329 cm³/mol. The molecule has 2 aliphatic heterocycles. The first-order valence-electron chi connectivity index (χ1n) is 27.3. The van der Waals surface area contributed by atoms with Crippen molar-refractivity contribution in [3.8, 4) is 55.9 Å². The van der Waals surface area contributed by atoms with Gasteiger partial charge in [-0.1, -0.05) is 182 Å². The number of nitrogens with zero attached hydrogens (tertiary/aromatic N) is 8. The normalized spacial score (nSPS) is 12.2. The molecule has 13 rings (SSSR count). The molecular weight excluding hydrogens is 977 g/mol. The smallest absolute Gasteiger partial charge is 0.165 e. The Morgan fingerprint density at radius 2 is 0.487 bits per heavy atom. The fourth-order valence-corrected chi connectivity index (χ4v) is 11.7. The highest BCUT2D eigenvalue weighted by molar-refractivity contribution is 6.09. The van der Waals surface area contributed by atoms with Gasteiger partial charge in [-0.15, -0.1) is 0 Å². The minimum Gasteiger partial charge on any atom is -0.278 e. The Balaban J connectivity index is 1.38. The molecule has 5 heterocycles. The largest absolute Gasteiger partial charge is 0.278 e. The maximum Gasteiger partial charge on any atom is 0.165 e. The number of benzene rings is 8. The molecule has 0 amide bonds. The van der Waals surface area contributed by atoms with Crippen LogP contribution in [0.2, 0.25) is 0 Å². The van der Waals surface area contributed by atoms with Gasteiger partial charge in [-0.2, -0.15) is 0 Å². The Morgan fingerprint density at radius 1 is 0.237 bits per heavy atom. The maximum absolute atomic E-state index is 6.11. The highest BCUT2D eigenvalue weighted by Crippen LogP contribution is 2.48. The second kappa shape index (κ2) is 20.1. The molecule has 0 aliphatic carbocycles. The second-order valence-corrected chi connectivity index (χ2v) is 21.0. The summed E-state index contributed by atoms with van der Waals surface area (Å²) in [4.78, 5) is 35.0. The van der Waals surface area contributed by atoms with Gasteiger partial charge in [-0.3, -0.25) is 9.13 Å². The van der Waals surface area contributed by atoms with Gasteiger partial charge >= 0.3 is 0 Å². The average molecular weight is 1040 g/mol. The van der Waals surface area contributed by atoms with Gasteiger partial charge in [-0.25, -0.2) is 29.9 Å². The third-order valence-corrected chi connectivity index (χ3v) is 15.8. The van der Waals surface area contributed by atoms with Crippen LogP contribution in [0.4, 0.5) is 0 Å². The first-order valence-corrected chi connectivity index (χ1v) is 27.3. The van der Waals surface area contributed by atoms with Gasteiger partial charge in [0.25, 0.3) is 0 Å². The zero-order valence-electron chi connectivity index (χ0n) is 46.2.